The van der Waals surface area contributed by atoms with Crippen molar-refractivity contribution >= 4 is 88.0 Å². The van der Waals surface area contributed by atoms with Gasteiger partial charge in [-0.05, 0) is 203 Å². The maximum absolute atomic E-state index is 14.1. The van der Waals surface area contributed by atoms with Gasteiger partial charge in [0, 0.05) is 73.9 Å². The number of hydrogen-bond acceptors (Lipinski definition) is 21. The van der Waals surface area contributed by atoms with E-state index in [1.165, 1.54) is 57.5 Å². The van der Waals surface area contributed by atoms with Crippen LogP contribution in [0.15, 0.2) is 54.6 Å². The minimum Gasteiger partial charge on any atom is -0.540 e. The van der Waals surface area contributed by atoms with Crippen LogP contribution in [0.5, 0.6) is 17.6 Å². The molecular weight excluding hydrogens is 1760 g/mol. The molecule has 128 heavy (non-hydrogen) atoms. The fourth-order valence-electron chi connectivity index (χ4n) is 20.4. The summed E-state index contributed by atoms with van der Waals surface area (Å²) in [6.45, 7) is 24.9. The third-order valence-electron chi connectivity index (χ3n) is 27.8. The van der Waals surface area contributed by atoms with Gasteiger partial charge in [-0.15, -0.1) is 0 Å². The molecule has 9 heterocycles. The maximum Gasteiger partial charge on any atom is 0.408 e. The Balaban J connectivity index is 0.000000184. The molecule has 2 unspecified atom stereocenters. The van der Waals surface area contributed by atoms with Crippen molar-refractivity contribution in [3.05, 3.63) is 89.1 Å². The minimum atomic E-state index is -0.937. The molecule has 33 heteroatoms. The summed E-state index contributed by atoms with van der Waals surface area (Å²) in [5, 5.41) is 8.51. The van der Waals surface area contributed by atoms with Crippen LogP contribution in [-0.4, -0.2) is 191 Å². The van der Waals surface area contributed by atoms with Crippen molar-refractivity contribution in [2.75, 3.05) is 19.6 Å². The van der Waals surface area contributed by atoms with Crippen LogP contribution in [0.4, 0.5) is 27.6 Å². The topological polar surface area (TPSA) is 332 Å². The normalized spacial score (nSPS) is 30.8. The zero-order valence-corrected chi connectivity index (χ0v) is 79.9. The first-order valence-corrected chi connectivity index (χ1v) is 45.4. The monoisotopic (exact) mass is 1880 g/mol. The average molecular weight is 1880 g/mol. The van der Waals surface area contributed by atoms with Crippen molar-refractivity contribution in [2.45, 2.75) is 310 Å². The molecule has 3 aromatic carbocycles. The molecule has 27 nitrogen and oxygen atoms in total. The van der Waals surface area contributed by atoms with Crippen LogP contribution in [0.3, 0.4) is 0 Å². The Labute approximate surface area is 783 Å². The Hall–Kier alpha value is -8.15. The van der Waals surface area contributed by atoms with Gasteiger partial charge in [-0.1, -0.05) is 153 Å². The second kappa shape index (κ2) is 42.2. The molecule has 691 valence electrons. The fourth-order valence-corrected chi connectivity index (χ4v) is 20.4. The summed E-state index contributed by atoms with van der Waals surface area (Å²) in [7, 11) is 0. The molecule has 6 aliphatic heterocycles. The zero-order valence-electron chi connectivity index (χ0n) is 75.7. The number of amides is 6. The first-order valence-electron chi connectivity index (χ1n) is 45.4. The summed E-state index contributed by atoms with van der Waals surface area (Å²) in [4.78, 5) is 151. The van der Waals surface area contributed by atoms with Gasteiger partial charge in [-0.3, -0.25) is 14.4 Å². The number of nitrogens with zero attached hydrogens (tertiary/aromatic N) is 9. The number of alkyl carbamates (subject to hydrolysis) is 3. The van der Waals surface area contributed by atoms with Crippen LogP contribution in [0, 0.1) is 81.0 Å². The summed E-state index contributed by atoms with van der Waals surface area (Å²) < 4.78 is 79.2. The third kappa shape index (κ3) is 22.9. The van der Waals surface area contributed by atoms with Crippen LogP contribution >= 0.6 is 0 Å². The Morgan fingerprint density at radius 1 is 0.422 bits per heavy atom. The Kier molecular flexibility index (Phi) is 33.1. The first kappa shape index (κ1) is 100. The molecule has 4 aliphatic carbocycles. The van der Waals surface area contributed by atoms with E-state index >= 15 is 0 Å². The van der Waals surface area contributed by atoms with Crippen molar-refractivity contribution in [3.63, 3.8) is 0 Å². The van der Waals surface area contributed by atoms with E-state index in [0.29, 0.717) is 124 Å². The number of nitrogens with one attached hydrogen (secondary N) is 3. The van der Waals surface area contributed by atoms with Crippen molar-refractivity contribution in [2.24, 2.45) is 63.6 Å². The number of carbonyl (C=O) groups is 6. The molecule has 3 N–H and O–H groups in total. The number of fused-ring (bicyclic) bond motifs is 17. The first-order chi connectivity index (χ1) is 59.5. The number of aryl methyl sites for hydroxylation is 3. The molecule has 7 fully saturated rings. The van der Waals surface area contributed by atoms with Gasteiger partial charge in [-0.25, -0.2) is 76.3 Å². The number of halogens is 3. The van der Waals surface area contributed by atoms with Gasteiger partial charge in [0.1, 0.15) is 88.8 Å². The van der Waals surface area contributed by atoms with Gasteiger partial charge >= 0.3 is 18.3 Å². The smallest absolute Gasteiger partial charge is 0.408 e. The standard InChI is InChI=1S/C33H42FN4O5.C33H44FN4O5.C29H36FN4O5.3V/c1-5-20-26(17-39)38-16-28(20)42-30-24(35-23-12-11-19(34)15-25(23)36-30)10-8-6-7-9-21-22-13-18(22)14-27(21)43-32(41)37-29(31(38)40)33(2,3)4;1-6-22-26(19-39)38-18-27(22)42-29-24(35-23-15-14-21(34)17-25(23)36-29)13-9-7-8-11-20-12-10-16-33(20,5)43-31(41)37-28(30(38)40)32(2,3)4;1-16-22(15-35)34-14-24(16)38-26-20(31-19-11-10-18(30)13-21(19)32-26)9-7-5-6-8-17-12-23(17)39-28(37)33-25(27(34)36)29(2,3)4;;;/h11-12,15,18,20-22,26-29H,5-10,13-14,16H2,1-4H3,(H,37,41);14-15,17,20,22,26-28H,6-13,16,18H2,1-5H3,(H,37,41);10-11,13,16-17,22-25H,5-9,12,14H2,1-4H3,(H,33,37);;;/q3*-1;;;/t18?,20-,21+,22?,26+,27+,28-,29+;20-,22+,26-,27+,28-,33-;16-,17+,22+,23+,24-,25+;;;/m010.../s1. The fraction of sp³-hybridized carbons (Fsp3) is 0.653. The van der Waals surface area contributed by atoms with Gasteiger partial charge in [0.15, 0.2) is 0 Å². The van der Waals surface area contributed by atoms with Crippen LogP contribution in [0.2, 0.25) is 0 Å². The van der Waals surface area contributed by atoms with Crippen LogP contribution in [-0.2, 0) is 118 Å². The van der Waals surface area contributed by atoms with E-state index in [0.717, 1.165) is 109 Å². The second-order valence-corrected chi connectivity index (χ2v) is 39.8. The molecule has 20 atom stereocenters. The van der Waals surface area contributed by atoms with E-state index in [1.54, 1.807) is 18.2 Å². The van der Waals surface area contributed by atoms with E-state index in [9.17, 15) is 56.3 Å². The number of rotatable bonds is 5. The molecule has 3 radical (unpaired) electrons. The average Bonchev–Trinajstić information content (AvgIpc) is 1.60. The molecule has 0 spiro atoms. The largest absolute Gasteiger partial charge is 0.540 e. The van der Waals surface area contributed by atoms with E-state index in [1.807, 2.05) is 96.3 Å². The number of carbonyl (C=O) groups excluding carboxylic acids is 9. The van der Waals surface area contributed by atoms with Gasteiger partial charge in [0.05, 0.1) is 52.7 Å². The predicted molar refractivity (Wildman–Crippen MR) is 458 cm³/mol. The molecule has 10 aliphatic rings. The van der Waals surface area contributed by atoms with Crippen molar-refractivity contribution in [1.29, 1.82) is 0 Å². The summed E-state index contributed by atoms with van der Waals surface area (Å²) in [6, 6.07) is 7.58. The number of ether oxygens (including phenoxy) is 6. The number of aromatic nitrogens is 6. The van der Waals surface area contributed by atoms with Crippen molar-refractivity contribution in [3.8, 4) is 17.6 Å². The number of benzene rings is 3. The molecular formula is C95H122F3N12O15V3-3. The van der Waals surface area contributed by atoms with Gasteiger partial charge in [0.25, 0.3) is 0 Å². The Morgan fingerprint density at radius 2 is 0.797 bits per heavy atom. The maximum atomic E-state index is 14.1. The quantitative estimate of drug-likeness (QED) is 0.107. The molecule has 3 saturated heterocycles. The molecule has 4 saturated carbocycles. The van der Waals surface area contributed by atoms with Gasteiger partial charge in [-0.2, -0.15) is 0 Å². The SMILES string of the molecule is CC[C@@H]1[C@@H]2CN(C(=O)[C@H](C(C)(C)C)NC(=O)O[C@@H]3CC4CC4[C@H]3CCCCCc3nc4ccc(F)cc4nc3O2)[C@@H]1[C-]=O.CC[C@@H]1[C@@H]2CN(C(=O)[C@H](C(C)(C)C)NC(=O)O[C@]3(C)CCC[C@H]3CCCCCc3nc4ccc(F)cc4nc3O2)[C@@H]1[C-]=O.C[C@@H]1[C@@H]2CN(C(=O)[C@H](C(C)(C)C)NC(=O)O[C@@H]3C[C@H]3CCCCCc3nc4ccc(F)cc4nc3O2)[C@@H]1[C-]=O.[V].[V].[V]. The summed E-state index contributed by atoms with van der Waals surface area (Å²) in [5.74, 6) is -0.499. The van der Waals surface area contributed by atoms with Crippen molar-refractivity contribution < 1.29 is 140 Å². The molecule has 16 rings (SSSR count). The molecule has 3 aromatic heterocycles. The van der Waals surface area contributed by atoms with Crippen LogP contribution < -0.4 is 30.2 Å². The summed E-state index contributed by atoms with van der Waals surface area (Å²) >= 11 is 0. The molecule has 6 bridgehead atoms. The van der Waals surface area contributed by atoms with E-state index < -0.39 is 124 Å². The van der Waals surface area contributed by atoms with Crippen molar-refractivity contribution in [1.82, 2.24) is 60.6 Å². The van der Waals surface area contributed by atoms with Gasteiger partial charge in [0.2, 0.25) is 35.4 Å². The zero-order chi connectivity index (χ0) is 89.3. The molecule has 6 aromatic rings. The van der Waals surface area contributed by atoms with E-state index in [4.69, 9.17) is 43.4 Å². The van der Waals surface area contributed by atoms with Crippen LogP contribution in [0.1, 0.15) is 236 Å². The third-order valence-corrected chi connectivity index (χ3v) is 27.8. The molecule has 6 amide bonds. The summed E-state index contributed by atoms with van der Waals surface area (Å²) in [5.41, 5.74) is 2.39. The second-order valence-electron chi connectivity index (χ2n) is 39.8. The van der Waals surface area contributed by atoms with E-state index in [-0.39, 0.29) is 117 Å². The van der Waals surface area contributed by atoms with E-state index in [2.05, 4.69) is 43.5 Å². The number of hydrogen-bond donors (Lipinski definition) is 3. The Bertz CT molecular complexity index is 4910. The minimum absolute atomic E-state index is 0. The van der Waals surface area contributed by atoms with Gasteiger partial charge < -0.3 is 73.5 Å². The predicted octanol–water partition coefficient (Wildman–Crippen LogP) is 14.9. The van der Waals surface area contributed by atoms with Crippen LogP contribution in [0.25, 0.3) is 33.1 Å². The Morgan fingerprint density at radius 3 is 1.22 bits per heavy atom. The summed E-state index contributed by atoms with van der Waals surface area (Å²) in [6.07, 6.45) is 22.3.